The predicted molar refractivity (Wildman–Crippen MR) is 132 cm³/mol. The first-order valence-corrected chi connectivity index (χ1v) is 11.2. The van der Waals surface area contributed by atoms with E-state index in [1.165, 1.54) is 0 Å². The number of rotatable bonds is 3. The van der Waals surface area contributed by atoms with Crippen LogP contribution in [0.2, 0.25) is 0 Å². The minimum Gasteiger partial charge on any atom is -0.337 e. The Hall–Kier alpha value is -3.88. The highest BCUT2D eigenvalue weighted by atomic mass is 16.2. The first kappa shape index (κ1) is 21.0. The van der Waals surface area contributed by atoms with Crippen LogP contribution in [0.25, 0.3) is 22.0 Å². The lowest BCUT2D eigenvalue weighted by atomic mass is 10.00. The molecule has 1 saturated heterocycles. The number of likely N-dealkylation sites (N-methyl/N-ethyl adjacent to an activating group) is 1. The highest BCUT2D eigenvalue weighted by Crippen LogP contribution is 2.24. The average molecular weight is 435 g/mol. The third kappa shape index (κ3) is 4.26. The average Bonchev–Trinajstić information content (AvgIpc) is 3.50. The van der Waals surface area contributed by atoms with Crippen molar-refractivity contribution in [3.63, 3.8) is 0 Å². The Kier molecular flexibility index (Phi) is 5.68. The molecule has 0 saturated carbocycles. The molecule has 1 aliphatic rings. The van der Waals surface area contributed by atoms with Gasteiger partial charge in [-0.15, -0.1) is 0 Å². The van der Waals surface area contributed by atoms with Crippen molar-refractivity contribution >= 4 is 16.8 Å². The van der Waals surface area contributed by atoms with Gasteiger partial charge in [0.15, 0.2) is 0 Å². The predicted octanol–water partition coefficient (Wildman–Crippen LogP) is 4.41. The van der Waals surface area contributed by atoms with Crippen LogP contribution in [0.4, 0.5) is 0 Å². The number of likely N-dealkylation sites (tertiary alicyclic amines) is 1. The van der Waals surface area contributed by atoms with E-state index in [1.807, 2.05) is 59.5 Å². The minimum absolute atomic E-state index is 0.0655. The summed E-state index contributed by atoms with van der Waals surface area (Å²) in [5.74, 6) is 6.62. The molecule has 2 heterocycles. The van der Waals surface area contributed by atoms with Crippen LogP contribution in [0.1, 0.15) is 28.0 Å². The van der Waals surface area contributed by atoms with E-state index in [2.05, 4.69) is 59.2 Å². The van der Waals surface area contributed by atoms with Gasteiger partial charge in [-0.25, -0.2) is 0 Å². The topological polar surface area (TPSA) is 52.2 Å². The van der Waals surface area contributed by atoms with Gasteiger partial charge in [-0.2, -0.15) is 5.10 Å². The molecule has 5 heteroatoms. The van der Waals surface area contributed by atoms with Gasteiger partial charge in [0.1, 0.15) is 5.69 Å². The second-order valence-electron chi connectivity index (χ2n) is 8.65. The second kappa shape index (κ2) is 8.93. The maximum absolute atomic E-state index is 13.1. The summed E-state index contributed by atoms with van der Waals surface area (Å²) in [5, 5.41) is 8.30. The van der Waals surface area contributed by atoms with Gasteiger partial charge in [0.25, 0.3) is 5.91 Å². The van der Waals surface area contributed by atoms with Gasteiger partial charge < -0.3 is 9.80 Å². The van der Waals surface area contributed by atoms with Crippen molar-refractivity contribution in [1.82, 2.24) is 20.0 Å². The number of aromatic amines is 1. The number of hydrogen-bond acceptors (Lipinski definition) is 3. The Morgan fingerprint density at radius 2 is 1.82 bits per heavy atom. The molecule has 0 spiro atoms. The molecule has 3 aromatic carbocycles. The standard InChI is InChI=1S/C28H26N4O/c1-31(2)23-16-17-32(19-23)28(33)22-13-15-27-25(18-22)26(29-30-27)14-12-21-10-6-7-11-24(21)20-8-4-3-5-9-20/h3-11,13,15,18,23H,16-17,19H2,1-2H3,(H,29,30)/t23-/m0/s1. The van der Waals surface area contributed by atoms with E-state index in [0.717, 1.165) is 52.8 Å². The number of hydrogen-bond donors (Lipinski definition) is 1. The Morgan fingerprint density at radius 3 is 2.61 bits per heavy atom. The third-order valence-corrected chi connectivity index (χ3v) is 6.32. The van der Waals surface area contributed by atoms with Crippen LogP contribution in [0.5, 0.6) is 0 Å². The van der Waals surface area contributed by atoms with Crippen molar-refractivity contribution in [3.05, 3.63) is 89.6 Å². The number of carbonyl (C=O) groups excluding carboxylic acids is 1. The van der Waals surface area contributed by atoms with Gasteiger partial charge in [0, 0.05) is 35.6 Å². The minimum atomic E-state index is 0.0655. The fourth-order valence-electron chi connectivity index (χ4n) is 4.36. The lowest BCUT2D eigenvalue weighted by molar-refractivity contribution is 0.0783. The maximum atomic E-state index is 13.1. The number of nitrogens with one attached hydrogen (secondary N) is 1. The van der Waals surface area contributed by atoms with Crippen LogP contribution in [0.3, 0.4) is 0 Å². The first-order valence-electron chi connectivity index (χ1n) is 11.2. The number of benzene rings is 3. The van der Waals surface area contributed by atoms with Crippen LogP contribution in [-0.4, -0.2) is 59.1 Å². The molecule has 0 unspecified atom stereocenters. The van der Waals surface area contributed by atoms with Gasteiger partial charge in [-0.3, -0.25) is 9.89 Å². The summed E-state index contributed by atoms with van der Waals surface area (Å²) in [5.41, 5.74) is 5.37. The normalized spacial score (nSPS) is 15.6. The van der Waals surface area contributed by atoms with E-state index < -0.39 is 0 Å². The molecule has 1 aromatic heterocycles. The lowest BCUT2D eigenvalue weighted by Crippen LogP contribution is -2.34. The van der Waals surface area contributed by atoms with Crippen molar-refractivity contribution < 1.29 is 4.79 Å². The summed E-state index contributed by atoms with van der Waals surface area (Å²) < 4.78 is 0. The van der Waals surface area contributed by atoms with Crippen molar-refractivity contribution in [1.29, 1.82) is 0 Å². The van der Waals surface area contributed by atoms with Gasteiger partial charge >= 0.3 is 0 Å². The Labute approximate surface area is 194 Å². The first-order chi connectivity index (χ1) is 16.1. The van der Waals surface area contributed by atoms with Gasteiger partial charge in [0.2, 0.25) is 0 Å². The van der Waals surface area contributed by atoms with E-state index in [9.17, 15) is 4.79 Å². The van der Waals surface area contributed by atoms with Crippen LogP contribution in [0, 0.1) is 11.8 Å². The van der Waals surface area contributed by atoms with Crippen LogP contribution in [0.15, 0.2) is 72.8 Å². The zero-order valence-electron chi connectivity index (χ0n) is 18.9. The Balaban J connectivity index is 1.45. The molecule has 1 aliphatic heterocycles. The molecule has 0 aliphatic carbocycles. The monoisotopic (exact) mass is 434 g/mol. The fraction of sp³-hybridized carbons (Fsp3) is 0.214. The van der Waals surface area contributed by atoms with Crippen LogP contribution in [-0.2, 0) is 0 Å². The molecule has 164 valence electrons. The van der Waals surface area contributed by atoms with Crippen molar-refractivity contribution in [3.8, 4) is 23.0 Å². The molecular weight excluding hydrogens is 408 g/mol. The molecular formula is C28H26N4O. The molecule has 5 nitrogen and oxygen atoms in total. The number of amides is 1. The van der Waals surface area contributed by atoms with Gasteiger partial charge in [-0.05, 0) is 61.8 Å². The van der Waals surface area contributed by atoms with Crippen molar-refractivity contribution in [2.45, 2.75) is 12.5 Å². The number of fused-ring (bicyclic) bond motifs is 1. The van der Waals surface area contributed by atoms with Crippen LogP contribution < -0.4 is 0 Å². The van der Waals surface area contributed by atoms with E-state index in [-0.39, 0.29) is 5.91 Å². The summed E-state index contributed by atoms with van der Waals surface area (Å²) >= 11 is 0. The quantitative estimate of drug-likeness (QED) is 0.486. The van der Waals surface area contributed by atoms with E-state index in [4.69, 9.17) is 0 Å². The third-order valence-electron chi connectivity index (χ3n) is 6.32. The number of aromatic nitrogens is 2. The SMILES string of the molecule is CN(C)[C@H]1CCN(C(=O)c2ccc3n[nH]c(C#Cc4ccccc4-c4ccccc4)c3c2)C1. The zero-order chi connectivity index (χ0) is 22.8. The van der Waals surface area contributed by atoms with Gasteiger partial charge in [0.05, 0.1) is 5.52 Å². The number of nitrogens with zero attached hydrogens (tertiary/aromatic N) is 3. The molecule has 5 rings (SSSR count). The van der Waals surface area contributed by atoms with Crippen LogP contribution >= 0.6 is 0 Å². The van der Waals surface area contributed by atoms with E-state index in [1.54, 1.807) is 0 Å². The molecule has 0 radical (unpaired) electrons. The lowest BCUT2D eigenvalue weighted by Gasteiger charge is -2.20. The molecule has 1 fully saturated rings. The number of carbonyl (C=O) groups is 1. The highest BCUT2D eigenvalue weighted by molar-refractivity contribution is 5.99. The summed E-state index contributed by atoms with van der Waals surface area (Å²) in [6.07, 6.45) is 1.00. The Bertz CT molecular complexity index is 1360. The maximum Gasteiger partial charge on any atom is 0.253 e. The summed E-state index contributed by atoms with van der Waals surface area (Å²) in [7, 11) is 4.13. The summed E-state index contributed by atoms with van der Waals surface area (Å²) in [6.45, 7) is 1.55. The largest absolute Gasteiger partial charge is 0.337 e. The van der Waals surface area contributed by atoms with Gasteiger partial charge in [-0.1, -0.05) is 54.5 Å². The fourth-order valence-corrected chi connectivity index (χ4v) is 4.36. The van der Waals surface area contributed by atoms with Crippen molar-refractivity contribution in [2.24, 2.45) is 0 Å². The highest BCUT2D eigenvalue weighted by Gasteiger charge is 2.28. The second-order valence-corrected chi connectivity index (χ2v) is 8.65. The van der Waals surface area contributed by atoms with Crippen molar-refractivity contribution in [2.75, 3.05) is 27.2 Å². The Morgan fingerprint density at radius 1 is 1.03 bits per heavy atom. The molecule has 33 heavy (non-hydrogen) atoms. The smallest absolute Gasteiger partial charge is 0.253 e. The summed E-state index contributed by atoms with van der Waals surface area (Å²) in [6, 6.07) is 24.4. The summed E-state index contributed by atoms with van der Waals surface area (Å²) in [4.78, 5) is 17.2. The number of H-pyrrole nitrogens is 1. The van der Waals surface area contributed by atoms with E-state index >= 15 is 0 Å². The molecule has 1 atom stereocenters. The molecule has 1 N–H and O–H groups in total. The van der Waals surface area contributed by atoms with E-state index in [0.29, 0.717) is 11.6 Å². The zero-order valence-corrected chi connectivity index (χ0v) is 18.9. The molecule has 0 bridgehead atoms. The molecule has 4 aromatic rings. The molecule has 1 amide bonds.